The average molecular weight is 386 g/mol. The van der Waals surface area contributed by atoms with Crippen LogP contribution in [0.5, 0.6) is 0 Å². The first kappa shape index (κ1) is 17.8. The highest BCUT2D eigenvalue weighted by atomic mass is 35.5. The Hall–Kier alpha value is -2.62. The lowest BCUT2D eigenvalue weighted by Crippen LogP contribution is -2.45. The standard InChI is InChI=1S/C17H20ClN9/c18-12-3-1-11(2-4-12)9-26-5-7-27(8-6-26)10-13-21-14-15(19)22-17(20)23-16(14)25-24-13/h1-4H,5-10H2,(H4,19,20,22,23,25). The molecule has 0 spiro atoms. The van der Waals surface area contributed by atoms with E-state index < -0.39 is 0 Å². The molecule has 3 heterocycles. The Bertz CT molecular complexity index is 939. The van der Waals surface area contributed by atoms with Crippen LogP contribution in [0.2, 0.25) is 5.02 Å². The molecular formula is C17H20ClN9. The number of fused-ring (bicyclic) bond motifs is 1. The van der Waals surface area contributed by atoms with Crippen molar-refractivity contribution in [3.05, 3.63) is 40.7 Å². The van der Waals surface area contributed by atoms with E-state index in [1.54, 1.807) is 0 Å². The molecule has 3 aromatic rings. The number of hydrogen-bond donors (Lipinski definition) is 2. The number of hydrogen-bond acceptors (Lipinski definition) is 9. The third-order valence-electron chi connectivity index (χ3n) is 4.56. The van der Waals surface area contributed by atoms with E-state index in [1.807, 2.05) is 12.1 Å². The van der Waals surface area contributed by atoms with Crippen molar-refractivity contribution in [1.82, 2.24) is 34.9 Å². The second kappa shape index (κ2) is 7.55. The Balaban J connectivity index is 1.36. The van der Waals surface area contributed by atoms with Crippen LogP contribution in [0, 0.1) is 0 Å². The fraction of sp³-hybridized carbons (Fsp3) is 0.353. The summed E-state index contributed by atoms with van der Waals surface area (Å²) in [5.41, 5.74) is 13.5. The monoisotopic (exact) mass is 385 g/mol. The molecule has 4 N–H and O–H groups in total. The highest BCUT2D eigenvalue weighted by Crippen LogP contribution is 2.16. The molecule has 0 radical (unpaired) electrons. The van der Waals surface area contributed by atoms with E-state index in [1.165, 1.54) is 5.56 Å². The van der Waals surface area contributed by atoms with Crippen LogP contribution in [0.1, 0.15) is 11.4 Å². The predicted molar refractivity (Wildman–Crippen MR) is 104 cm³/mol. The van der Waals surface area contributed by atoms with Crippen LogP contribution in [0.3, 0.4) is 0 Å². The van der Waals surface area contributed by atoms with Crippen LogP contribution in [-0.4, -0.2) is 61.1 Å². The van der Waals surface area contributed by atoms with Gasteiger partial charge in [0.05, 0.1) is 6.54 Å². The molecule has 0 bridgehead atoms. The molecule has 0 saturated carbocycles. The maximum Gasteiger partial charge on any atom is 0.224 e. The van der Waals surface area contributed by atoms with Gasteiger partial charge in [-0.2, -0.15) is 9.97 Å². The van der Waals surface area contributed by atoms with Crippen molar-refractivity contribution in [3.63, 3.8) is 0 Å². The van der Waals surface area contributed by atoms with Crippen LogP contribution < -0.4 is 11.5 Å². The van der Waals surface area contributed by atoms with Gasteiger partial charge in [-0.15, -0.1) is 10.2 Å². The zero-order valence-electron chi connectivity index (χ0n) is 14.7. The van der Waals surface area contributed by atoms with E-state index in [4.69, 9.17) is 23.1 Å². The van der Waals surface area contributed by atoms with Crippen molar-refractivity contribution >= 4 is 34.5 Å². The number of anilines is 2. The summed E-state index contributed by atoms with van der Waals surface area (Å²) in [4.78, 5) is 17.1. The number of halogens is 1. The molecular weight excluding hydrogens is 366 g/mol. The number of benzene rings is 1. The number of piperazine rings is 1. The van der Waals surface area contributed by atoms with Crippen molar-refractivity contribution in [2.24, 2.45) is 0 Å². The van der Waals surface area contributed by atoms with Crippen molar-refractivity contribution in [2.45, 2.75) is 13.1 Å². The first-order valence-corrected chi connectivity index (χ1v) is 9.06. The van der Waals surface area contributed by atoms with Crippen molar-refractivity contribution < 1.29 is 0 Å². The molecule has 1 aromatic carbocycles. The molecule has 4 rings (SSSR count). The van der Waals surface area contributed by atoms with Gasteiger partial charge in [-0.1, -0.05) is 23.7 Å². The minimum Gasteiger partial charge on any atom is -0.382 e. The Morgan fingerprint density at radius 2 is 1.52 bits per heavy atom. The maximum atomic E-state index is 5.95. The van der Waals surface area contributed by atoms with Crippen LogP contribution in [-0.2, 0) is 13.1 Å². The van der Waals surface area contributed by atoms with E-state index in [2.05, 4.69) is 47.1 Å². The maximum absolute atomic E-state index is 5.95. The zero-order chi connectivity index (χ0) is 18.8. The molecule has 1 saturated heterocycles. The summed E-state index contributed by atoms with van der Waals surface area (Å²) in [6, 6.07) is 8.01. The quantitative estimate of drug-likeness (QED) is 0.675. The number of nitrogens with two attached hydrogens (primary N) is 2. The topological polar surface area (TPSA) is 123 Å². The average Bonchev–Trinajstić information content (AvgIpc) is 2.66. The third-order valence-corrected chi connectivity index (χ3v) is 4.81. The smallest absolute Gasteiger partial charge is 0.224 e. The van der Waals surface area contributed by atoms with Crippen LogP contribution >= 0.6 is 11.6 Å². The highest BCUT2D eigenvalue weighted by Gasteiger charge is 2.19. The fourth-order valence-corrected chi connectivity index (χ4v) is 3.26. The summed E-state index contributed by atoms with van der Waals surface area (Å²) < 4.78 is 0. The largest absolute Gasteiger partial charge is 0.382 e. The minimum absolute atomic E-state index is 0.0701. The van der Waals surface area contributed by atoms with E-state index in [0.29, 0.717) is 23.5 Å². The molecule has 140 valence electrons. The number of nitrogen functional groups attached to an aromatic ring is 2. The van der Waals surface area contributed by atoms with E-state index in [9.17, 15) is 0 Å². The van der Waals surface area contributed by atoms with Gasteiger partial charge < -0.3 is 11.5 Å². The van der Waals surface area contributed by atoms with E-state index >= 15 is 0 Å². The third kappa shape index (κ3) is 4.21. The normalized spacial score (nSPS) is 16.0. The summed E-state index contributed by atoms with van der Waals surface area (Å²) in [6.45, 7) is 5.36. The summed E-state index contributed by atoms with van der Waals surface area (Å²) in [7, 11) is 0. The summed E-state index contributed by atoms with van der Waals surface area (Å²) >= 11 is 5.95. The molecule has 10 heteroatoms. The van der Waals surface area contributed by atoms with Gasteiger partial charge in [0.1, 0.15) is 0 Å². The van der Waals surface area contributed by atoms with Gasteiger partial charge in [-0.3, -0.25) is 9.80 Å². The zero-order valence-corrected chi connectivity index (χ0v) is 15.5. The predicted octanol–water partition coefficient (Wildman–Crippen LogP) is 0.950. The van der Waals surface area contributed by atoms with Crippen LogP contribution in [0.4, 0.5) is 11.8 Å². The second-order valence-corrected chi connectivity index (χ2v) is 6.98. The summed E-state index contributed by atoms with van der Waals surface area (Å²) in [5.74, 6) is 0.899. The Morgan fingerprint density at radius 3 is 2.22 bits per heavy atom. The molecule has 1 fully saturated rings. The second-order valence-electron chi connectivity index (χ2n) is 6.55. The summed E-state index contributed by atoms with van der Waals surface area (Å²) in [6.07, 6.45) is 0. The molecule has 0 aliphatic carbocycles. The molecule has 27 heavy (non-hydrogen) atoms. The van der Waals surface area contributed by atoms with E-state index in [0.717, 1.165) is 37.7 Å². The number of aromatic nitrogens is 5. The van der Waals surface area contributed by atoms with Gasteiger partial charge in [0.25, 0.3) is 0 Å². The Kier molecular flexibility index (Phi) is 4.97. The number of nitrogens with zero attached hydrogens (tertiary/aromatic N) is 7. The van der Waals surface area contributed by atoms with Crippen molar-refractivity contribution in [1.29, 1.82) is 0 Å². The molecule has 0 atom stereocenters. The Morgan fingerprint density at radius 1 is 0.852 bits per heavy atom. The van der Waals surface area contributed by atoms with Gasteiger partial charge in [-0.25, -0.2) is 4.98 Å². The van der Waals surface area contributed by atoms with Gasteiger partial charge in [0.15, 0.2) is 17.2 Å². The van der Waals surface area contributed by atoms with Crippen molar-refractivity contribution in [2.75, 3.05) is 37.6 Å². The first-order valence-electron chi connectivity index (χ1n) is 8.68. The molecule has 0 unspecified atom stereocenters. The number of rotatable bonds is 4. The van der Waals surface area contributed by atoms with Crippen LogP contribution in [0.25, 0.3) is 11.2 Å². The SMILES string of the molecule is Nc1nc(N)c2nc(CN3CCN(Cc4ccc(Cl)cc4)CC3)nnc2n1. The van der Waals surface area contributed by atoms with Gasteiger partial charge in [-0.05, 0) is 17.7 Å². The minimum atomic E-state index is 0.0701. The van der Waals surface area contributed by atoms with Gasteiger partial charge >= 0.3 is 0 Å². The van der Waals surface area contributed by atoms with Gasteiger partial charge in [0.2, 0.25) is 11.6 Å². The summed E-state index contributed by atoms with van der Waals surface area (Å²) in [5, 5.41) is 8.99. The molecule has 0 amide bonds. The van der Waals surface area contributed by atoms with E-state index in [-0.39, 0.29) is 11.8 Å². The lowest BCUT2D eigenvalue weighted by molar-refractivity contribution is 0.119. The van der Waals surface area contributed by atoms with Gasteiger partial charge in [0, 0.05) is 37.7 Å². The van der Waals surface area contributed by atoms with Crippen LogP contribution in [0.15, 0.2) is 24.3 Å². The first-order chi connectivity index (χ1) is 13.1. The lowest BCUT2D eigenvalue weighted by atomic mass is 10.2. The molecule has 1 aliphatic rings. The van der Waals surface area contributed by atoms with Crippen molar-refractivity contribution in [3.8, 4) is 0 Å². The highest BCUT2D eigenvalue weighted by molar-refractivity contribution is 6.30. The fourth-order valence-electron chi connectivity index (χ4n) is 3.13. The molecule has 1 aliphatic heterocycles. The molecule has 9 nitrogen and oxygen atoms in total. The molecule has 2 aromatic heterocycles. The Labute approximate surface area is 161 Å². The lowest BCUT2D eigenvalue weighted by Gasteiger charge is -2.34.